The van der Waals surface area contributed by atoms with Gasteiger partial charge in [0.15, 0.2) is 11.8 Å². The molecule has 1 aromatic carbocycles. The van der Waals surface area contributed by atoms with Crippen LogP contribution in [0.2, 0.25) is 0 Å². The molecule has 0 amide bonds. The molecular weight excluding hydrogens is 451 g/mol. The summed E-state index contributed by atoms with van der Waals surface area (Å²) < 4.78 is 1.97. The fourth-order valence-electron chi connectivity index (χ4n) is 3.14. The van der Waals surface area contributed by atoms with Crippen molar-refractivity contribution in [3.05, 3.63) is 47.5 Å². The highest BCUT2D eigenvalue weighted by Gasteiger charge is 2.28. The molecule has 0 saturated carbocycles. The van der Waals surface area contributed by atoms with E-state index in [2.05, 4.69) is 71.9 Å². The maximum Gasteiger partial charge on any atom is 0.191 e. The van der Waals surface area contributed by atoms with Gasteiger partial charge in [0.2, 0.25) is 0 Å². The predicted molar refractivity (Wildman–Crippen MR) is 123 cm³/mol. The van der Waals surface area contributed by atoms with Crippen LogP contribution in [-0.2, 0) is 19.0 Å². The van der Waals surface area contributed by atoms with E-state index in [4.69, 9.17) is 4.99 Å². The monoisotopic (exact) mass is 484 g/mol. The Balaban J connectivity index is 0.00000364. The molecule has 0 fully saturated rings. The lowest BCUT2D eigenvalue weighted by Crippen LogP contribution is -2.45. The second-order valence-electron chi connectivity index (χ2n) is 6.62. The van der Waals surface area contributed by atoms with Gasteiger partial charge in [-0.1, -0.05) is 44.2 Å². The van der Waals surface area contributed by atoms with Crippen molar-refractivity contribution in [2.75, 3.05) is 13.1 Å². The minimum absolute atomic E-state index is 0. The van der Waals surface area contributed by atoms with Crippen LogP contribution in [0.25, 0.3) is 0 Å². The van der Waals surface area contributed by atoms with Crippen LogP contribution in [0.3, 0.4) is 0 Å². The van der Waals surface area contributed by atoms with E-state index in [0.29, 0.717) is 6.54 Å². The highest BCUT2D eigenvalue weighted by Crippen LogP contribution is 2.30. The van der Waals surface area contributed by atoms with Crippen LogP contribution in [0.4, 0.5) is 0 Å². The number of hydrogen-bond donors (Lipinski definition) is 2. The summed E-state index contributed by atoms with van der Waals surface area (Å²) in [6, 6.07) is 10.7. The number of hydrogen-bond acceptors (Lipinski definition) is 3. The quantitative estimate of drug-likeness (QED) is 0.342. The zero-order valence-electron chi connectivity index (χ0n) is 17.1. The van der Waals surface area contributed by atoms with Gasteiger partial charge in [-0.2, -0.15) is 0 Å². The highest BCUT2D eigenvalue weighted by atomic mass is 127. The number of aliphatic imine (C=N–C) groups is 1. The van der Waals surface area contributed by atoms with Gasteiger partial charge in [-0.15, -0.1) is 34.2 Å². The summed E-state index contributed by atoms with van der Waals surface area (Å²) >= 11 is 0. The second-order valence-corrected chi connectivity index (χ2v) is 6.62. The minimum atomic E-state index is 0. The summed E-state index contributed by atoms with van der Waals surface area (Å²) in [5, 5.41) is 15.2. The Morgan fingerprint density at radius 3 is 2.26 bits per heavy atom. The summed E-state index contributed by atoms with van der Waals surface area (Å²) in [6.07, 6.45) is 2.14. The molecule has 0 bridgehead atoms. The van der Waals surface area contributed by atoms with Crippen molar-refractivity contribution in [3.63, 3.8) is 0 Å². The van der Waals surface area contributed by atoms with Gasteiger partial charge in [-0.3, -0.25) is 0 Å². The number of nitrogens with one attached hydrogen (secondary N) is 2. The van der Waals surface area contributed by atoms with Gasteiger partial charge in [0.1, 0.15) is 12.4 Å². The highest BCUT2D eigenvalue weighted by molar-refractivity contribution is 14.0. The molecule has 27 heavy (non-hydrogen) atoms. The first-order valence-electron chi connectivity index (χ1n) is 9.48. The molecule has 0 spiro atoms. The molecule has 0 atom stereocenters. The minimum Gasteiger partial charge on any atom is -0.357 e. The van der Waals surface area contributed by atoms with Gasteiger partial charge in [0.05, 0.1) is 0 Å². The lowest BCUT2D eigenvalue weighted by atomic mass is 9.76. The Morgan fingerprint density at radius 1 is 1.07 bits per heavy atom. The van der Waals surface area contributed by atoms with Crippen LogP contribution >= 0.6 is 24.0 Å². The first kappa shape index (κ1) is 23.4. The molecule has 0 aliphatic heterocycles. The predicted octanol–water partition coefficient (Wildman–Crippen LogP) is 3.55. The van der Waals surface area contributed by atoms with Crippen LogP contribution in [0.5, 0.6) is 0 Å². The van der Waals surface area contributed by atoms with E-state index in [0.717, 1.165) is 43.5 Å². The first-order chi connectivity index (χ1) is 12.6. The Morgan fingerprint density at radius 2 is 1.74 bits per heavy atom. The van der Waals surface area contributed by atoms with Gasteiger partial charge in [-0.05, 0) is 32.3 Å². The summed E-state index contributed by atoms with van der Waals surface area (Å²) in [7, 11) is 1.97. The molecule has 1 heterocycles. The van der Waals surface area contributed by atoms with Gasteiger partial charge in [-0.25, -0.2) is 4.99 Å². The normalized spacial score (nSPS) is 11.8. The van der Waals surface area contributed by atoms with Gasteiger partial charge in [0.25, 0.3) is 0 Å². The van der Waals surface area contributed by atoms with Crippen LogP contribution in [0.1, 0.15) is 50.8 Å². The number of rotatable bonds is 8. The van der Waals surface area contributed by atoms with Crippen LogP contribution in [0.15, 0.2) is 35.3 Å². The van der Waals surface area contributed by atoms with E-state index in [-0.39, 0.29) is 29.4 Å². The van der Waals surface area contributed by atoms with Crippen LogP contribution in [0, 0.1) is 6.92 Å². The molecule has 2 N–H and O–H groups in total. The Bertz CT molecular complexity index is 707. The fraction of sp³-hybridized carbons (Fsp3) is 0.550. The SMILES string of the molecule is CCNC(=NCc1nnc(C)n1C)NCC(CC)(CC)c1ccccc1.I. The van der Waals surface area contributed by atoms with Crippen molar-refractivity contribution in [1.82, 2.24) is 25.4 Å². The first-order valence-corrected chi connectivity index (χ1v) is 9.48. The second kappa shape index (κ2) is 11.3. The molecule has 7 heteroatoms. The third-order valence-corrected chi connectivity index (χ3v) is 5.24. The number of halogens is 1. The molecule has 150 valence electrons. The molecule has 0 saturated heterocycles. The van der Waals surface area contributed by atoms with Gasteiger partial charge < -0.3 is 15.2 Å². The zero-order valence-corrected chi connectivity index (χ0v) is 19.4. The third kappa shape index (κ3) is 5.92. The fourth-order valence-corrected chi connectivity index (χ4v) is 3.14. The molecule has 6 nitrogen and oxygen atoms in total. The van der Waals surface area contributed by atoms with Gasteiger partial charge in [0, 0.05) is 25.6 Å². The number of aryl methyl sites for hydroxylation is 1. The molecule has 0 aliphatic rings. The van der Waals surface area contributed by atoms with E-state index in [9.17, 15) is 0 Å². The van der Waals surface area contributed by atoms with Crippen molar-refractivity contribution >= 4 is 29.9 Å². The summed E-state index contributed by atoms with van der Waals surface area (Å²) in [5.74, 6) is 2.57. The number of nitrogens with zero attached hydrogens (tertiary/aromatic N) is 4. The lowest BCUT2D eigenvalue weighted by molar-refractivity contribution is 0.389. The molecule has 0 unspecified atom stereocenters. The van der Waals surface area contributed by atoms with Crippen molar-refractivity contribution in [1.29, 1.82) is 0 Å². The Hall–Kier alpha value is -1.64. The smallest absolute Gasteiger partial charge is 0.191 e. The number of aromatic nitrogens is 3. The Kier molecular flexibility index (Phi) is 9.76. The lowest BCUT2D eigenvalue weighted by Gasteiger charge is -2.33. The summed E-state index contributed by atoms with van der Waals surface area (Å²) in [4.78, 5) is 4.69. The van der Waals surface area contributed by atoms with E-state index in [1.807, 2.05) is 18.5 Å². The maximum atomic E-state index is 4.69. The van der Waals surface area contributed by atoms with Crippen molar-refractivity contribution in [2.45, 2.75) is 52.5 Å². The topological polar surface area (TPSA) is 67.1 Å². The van der Waals surface area contributed by atoms with Crippen molar-refractivity contribution < 1.29 is 0 Å². The molecule has 0 aliphatic carbocycles. The van der Waals surface area contributed by atoms with E-state index in [1.54, 1.807) is 0 Å². The van der Waals surface area contributed by atoms with Gasteiger partial charge >= 0.3 is 0 Å². The number of benzene rings is 1. The van der Waals surface area contributed by atoms with Crippen molar-refractivity contribution in [3.8, 4) is 0 Å². The average molecular weight is 484 g/mol. The Labute approximate surface area is 180 Å². The largest absolute Gasteiger partial charge is 0.357 e. The third-order valence-electron chi connectivity index (χ3n) is 5.24. The summed E-state index contributed by atoms with van der Waals surface area (Å²) in [5.41, 5.74) is 1.47. The molecule has 2 rings (SSSR count). The van der Waals surface area contributed by atoms with E-state index < -0.39 is 0 Å². The van der Waals surface area contributed by atoms with Crippen molar-refractivity contribution in [2.24, 2.45) is 12.0 Å². The van der Waals surface area contributed by atoms with Crippen LogP contribution in [-0.4, -0.2) is 33.8 Å². The number of guanidine groups is 1. The maximum absolute atomic E-state index is 4.69. The molecule has 2 aromatic rings. The van der Waals surface area contributed by atoms with E-state index >= 15 is 0 Å². The van der Waals surface area contributed by atoms with Crippen LogP contribution < -0.4 is 10.6 Å². The summed E-state index contributed by atoms with van der Waals surface area (Å²) in [6.45, 7) is 10.7. The zero-order chi connectivity index (χ0) is 19.0. The average Bonchev–Trinajstić information content (AvgIpc) is 3.00. The van der Waals surface area contributed by atoms with E-state index in [1.165, 1.54) is 5.56 Å². The molecule has 0 radical (unpaired) electrons. The standard InChI is InChI=1S/C20H32N6.HI/c1-6-20(7-2,17-12-10-9-11-13-17)15-23-19(21-8-3)22-14-18-25-24-16(4)26(18)5;/h9-13H,6-8,14-15H2,1-5H3,(H2,21,22,23);1H. The molecular formula is C20H33IN6. The molecule has 1 aromatic heterocycles.